The minimum absolute atomic E-state index is 0.862. The smallest absolute Gasteiger partial charge is 0.145 e. The molecule has 0 spiro atoms. The minimum Gasteiger partial charge on any atom is -0.455 e. The van der Waals surface area contributed by atoms with Gasteiger partial charge in [-0.05, 0) is 87.4 Å². The van der Waals surface area contributed by atoms with E-state index in [1.54, 1.807) is 0 Å². The Labute approximate surface area is 341 Å². The summed E-state index contributed by atoms with van der Waals surface area (Å²) in [7, 11) is 0. The molecule has 0 unspecified atom stereocenters. The van der Waals surface area contributed by atoms with E-state index >= 15 is 0 Å². The SMILES string of the molecule is c1ccc(-c2ccc(-c3ccc(N(c4ccc5c6ccccc6n(-c6ccccc6)c5c4)c4cccc5c4ccc4ccccc45)c4c3oc3ccccc34)cc2)cc1. The first-order valence-corrected chi connectivity index (χ1v) is 20.2. The van der Waals surface area contributed by atoms with Crippen molar-refractivity contribution in [3.8, 4) is 27.9 Å². The van der Waals surface area contributed by atoms with E-state index in [9.17, 15) is 0 Å². The number of rotatable bonds is 6. The highest BCUT2D eigenvalue weighted by atomic mass is 16.3. The molecule has 3 heteroatoms. The number of fused-ring (bicyclic) bond motifs is 9. The summed E-state index contributed by atoms with van der Waals surface area (Å²) in [6, 6.07) is 78.7. The van der Waals surface area contributed by atoms with Crippen LogP contribution in [-0.4, -0.2) is 4.57 Å². The van der Waals surface area contributed by atoms with Crippen molar-refractivity contribution in [1.82, 2.24) is 4.57 Å². The van der Waals surface area contributed by atoms with E-state index in [-0.39, 0.29) is 0 Å². The fraction of sp³-hybridized carbons (Fsp3) is 0. The van der Waals surface area contributed by atoms with Crippen molar-refractivity contribution in [2.75, 3.05) is 4.90 Å². The molecule has 0 aliphatic heterocycles. The molecule has 0 bridgehead atoms. The standard InChI is InChI=1S/C56H36N2O/c1-3-14-37(15-4-1)38-26-28-40(29-27-38)44-34-35-52(55-49-21-10-12-25-54(49)59-56(44)55)58(51-24-13-22-45-43-19-8-7-16-39(43)30-32-47(45)51)42-31-33-48-46-20-9-11-23-50(46)57(53(48)36-42)41-17-5-2-6-18-41/h1-36H. The van der Waals surface area contributed by atoms with Crippen molar-refractivity contribution in [1.29, 1.82) is 0 Å². The highest BCUT2D eigenvalue weighted by molar-refractivity contribution is 6.20. The lowest BCUT2D eigenvalue weighted by molar-refractivity contribution is 0.670. The van der Waals surface area contributed by atoms with Gasteiger partial charge in [-0.15, -0.1) is 0 Å². The van der Waals surface area contributed by atoms with Crippen molar-refractivity contribution in [2.45, 2.75) is 0 Å². The van der Waals surface area contributed by atoms with E-state index in [0.29, 0.717) is 0 Å². The lowest BCUT2D eigenvalue weighted by Crippen LogP contribution is -2.11. The Morgan fingerprint density at radius 1 is 0.373 bits per heavy atom. The summed E-state index contributed by atoms with van der Waals surface area (Å²) in [6.07, 6.45) is 0. The van der Waals surface area contributed by atoms with Gasteiger partial charge in [0.15, 0.2) is 0 Å². The third kappa shape index (κ3) is 5.29. The maximum atomic E-state index is 6.92. The topological polar surface area (TPSA) is 21.3 Å². The Kier molecular flexibility index (Phi) is 7.54. The molecular formula is C56H36N2O. The van der Waals surface area contributed by atoms with Crippen molar-refractivity contribution in [2.24, 2.45) is 0 Å². The van der Waals surface area contributed by atoms with Crippen LogP contribution >= 0.6 is 0 Å². The van der Waals surface area contributed by atoms with E-state index in [2.05, 4.69) is 228 Å². The number of furan rings is 1. The number of nitrogens with zero attached hydrogens (tertiary/aromatic N) is 2. The highest BCUT2D eigenvalue weighted by Gasteiger charge is 2.25. The Morgan fingerprint density at radius 2 is 1.02 bits per heavy atom. The zero-order chi connectivity index (χ0) is 38.9. The van der Waals surface area contributed by atoms with Crippen molar-refractivity contribution >= 4 is 82.4 Å². The molecule has 10 aromatic carbocycles. The normalized spacial score (nSPS) is 11.7. The van der Waals surface area contributed by atoms with Gasteiger partial charge in [-0.25, -0.2) is 0 Å². The van der Waals surface area contributed by atoms with Crippen LogP contribution in [0.3, 0.4) is 0 Å². The second kappa shape index (κ2) is 13.4. The first-order valence-electron chi connectivity index (χ1n) is 20.2. The first kappa shape index (κ1) is 33.3. The van der Waals surface area contributed by atoms with Gasteiger partial charge in [0.05, 0.1) is 27.8 Å². The zero-order valence-electron chi connectivity index (χ0n) is 32.1. The largest absolute Gasteiger partial charge is 0.455 e. The fourth-order valence-corrected chi connectivity index (χ4v) is 9.28. The predicted molar refractivity (Wildman–Crippen MR) is 249 cm³/mol. The zero-order valence-corrected chi connectivity index (χ0v) is 32.1. The Bertz CT molecular complexity index is 3540. The van der Waals surface area contributed by atoms with Gasteiger partial charge in [-0.3, -0.25) is 0 Å². The molecule has 0 saturated heterocycles. The molecule has 0 atom stereocenters. The summed E-state index contributed by atoms with van der Waals surface area (Å²) in [4.78, 5) is 2.45. The van der Waals surface area contributed by atoms with Crippen LogP contribution in [0.1, 0.15) is 0 Å². The van der Waals surface area contributed by atoms with Gasteiger partial charge in [0, 0.05) is 38.5 Å². The Balaban J connectivity index is 1.15. The average Bonchev–Trinajstić information content (AvgIpc) is 3.86. The van der Waals surface area contributed by atoms with Crippen LogP contribution in [0.5, 0.6) is 0 Å². The van der Waals surface area contributed by atoms with Crippen molar-refractivity contribution in [3.63, 3.8) is 0 Å². The molecule has 0 fully saturated rings. The second-order valence-electron chi connectivity index (χ2n) is 15.3. The summed E-state index contributed by atoms with van der Waals surface area (Å²) < 4.78 is 9.31. The Hall–Kier alpha value is -7.88. The molecule has 0 aliphatic carbocycles. The number of benzene rings is 10. The molecule has 12 aromatic rings. The Morgan fingerprint density at radius 3 is 1.86 bits per heavy atom. The number of para-hydroxylation sites is 3. The first-order chi connectivity index (χ1) is 29.3. The van der Waals surface area contributed by atoms with Crippen LogP contribution < -0.4 is 4.90 Å². The maximum Gasteiger partial charge on any atom is 0.145 e. The van der Waals surface area contributed by atoms with E-state index in [4.69, 9.17) is 4.42 Å². The van der Waals surface area contributed by atoms with Crippen LogP contribution in [0.4, 0.5) is 17.1 Å². The van der Waals surface area contributed by atoms with Crippen LogP contribution in [0, 0.1) is 0 Å². The molecule has 59 heavy (non-hydrogen) atoms. The summed E-state index contributed by atoms with van der Waals surface area (Å²) in [5.41, 5.74) is 12.9. The van der Waals surface area contributed by atoms with Gasteiger partial charge in [0.2, 0.25) is 0 Å². The van der Waals surface area contributed by atoms with E-state index in [0.717, 1.165) is 61.3 Å². The fourth-order valence-electron chi connectivity index (χ4n) is 9.28. The van der Waals surface area contributed by atoms with Gasteiger partial charge < -0.3 is 13.9 Å². The summed E-state index contributed by atoms with van der Waals surface area (Å²) >= 11 is 0. The van der Waals surface area contributed by atoms with Crippen LogP contribution in [0.15, 0.2) is 223 Å². The predicted octanol–water partition coefficient (Wildman–Crippen LogP) is 15.8. The van der Waals surface area contributed by atoms with Gasteiger partial charge in [-0.1, -0.05) is 164 Å². The second-order valence-corrected chi connectivity index (χ2v) is 15.3. The van der Waals surface area contributed by atoms with Gasteiger partial charge in [0.1, 0.15) is 11.2 Å². The van der Waals surface area contributed by atoms with Gasteiger partial charge >= 0.3 is 0 Å². The summed E-state index contributed by atoms with van der Waals surface area (Å²) in [5, 5.41) is 9.45. The molecular weight excluding hydrogens is 717 g/mol. The van der Waals surface area contributed by atoms with Crippen molar-refractivity contribution < 1.29 is 4.42 Å². The molecule has 0 N–H and O–H groups in total. The van der Waals surface area contributed by atoms with E-state index in [1.165, 1.54) is 49.0 Å². The van der Waals surface area contributed by atoms with Crippen molar-refractivity contribution in [3.05, 3.63) is 218 Å². The molecule has 3 nitrogen and oxygen atoms in total. The van der Waals surface area contributed by atoms with Gasteiger partial charge in [-0.2, -0.15) is 0 Å². The quantitative estimate of drug-likeness (QED) is 0.158. The monoisotopic (exact) mass is 752 g/mol. The third-order valence-corrected chi connectivity index (χ3v) is 12.0. The molecule has 0 amide bonds. The minimum atomic E-state index is 0.862. The van der Waals surface area contributed by atoms with Crippen LogP contribution in [0.2, 0.25) is 0 Å². The number of aromatic nitrogens is 1. The number of hydrogen-bond acceptors (Lipinski definition) is 2. The molecule has 0 saturated carbocycles. The van der Waals surface area contributed by atoms with E-state index in [1.807, 2.05) is 0 Å². The average molecular weight is 753 g/mol. The van der Waals surface area contributed by atoms with Crippen LogP contribution in [0.25, 0.3) is 93.2 Å². The number of hydrogen-bond donors (Lipinski definition) is 0. The molecule has 2 aromatic heterocycles. The molecule has 12 rings (SSSR count). The molecule has 0 aliphatic rings. The summed E-state index contributed by atoms with van der Waals surface area (Å²) in [5.74, 6) is 0. The molecule has 276 valence electrons. The van der Waals surface area contributed by atoms with Crippen LogP contribution in [-0.2, 0) is 0 Å². The number of anilines is 3. The van der Waals surface area contributed by atoms with E-state index < -0.39 is 0 Å². The maximum absolute atomic E-state index is 6.92. The molecule has 0 radical (unpaired) electrons. The summed E-state index contributed by atoms with van der Waals surface area (Å²) in [6.45, 7) is 0. The molecule has 2 heterocycles. The van der Waals surface area contributed by atoms with Gasteiger partial charge in [0.25, 0.3) is 0 Å². The lowest BCUT2D eigenvalue weighted by atomic mass is 9.96. The third-order valence-electron chi connectivity index (χ3n) is 12.0. The lowest BCUT2D eigenvalue weighted by Gasteiger charge is -2.28. The highest BCUT2D eigenvalue weighted by Crippen LogP contribution is 2.49.